The van der Waals surface area contributed by atoms with Gasteiger partial charge in [-0.1, -0.05) is 43.6 Å². The average Bonchev–Trinajstić information content (AvgIpc) is 3.49. The van der Waals surface area contributed by atoms with E-state index in [9.17, 15) is 9.59 Å². The maximum absolute atomic E-state index is 13.3. The first kappa shape index (κ1) is 26.3. The Kier molecular flexibility index (Phi) is 7.19. The van der Waals surface area contributed by atoms with E-state index >= 15 is 0 Å². The summed E-state index contributed by atoms with van der Waals surface area (Å²) in [6.45, 7) is 4.12. The van der Waals surface area contributed by atoms with Crippen molar-refractivity contribution in [2.45, 2.75) is 63.8 Å². The zero-order valence-electron chi connectivity index (χ0n) is 22.5. The third-order valence-corrected chi connectivity index (χ3v) is 8.53. The van der Waals surface area contributed by atoms with Crippen molar-refractivity contribution < 1.29 is 14.3 Å². The van der Waals surface area contributed by atoms with Crippen LogP contribution in [-0.4, -0.2) is 50.6 Å². The highest BCUT2D eigenvalue weighted by atomic mass is 35.5. The Morgan fingerprint density at radius 3 is 2.58 bits per heavy atom. The summed E-state index contributed by atoms with van der Waals surface area (Å²) in [7, 11) is 0. The molecule has 8 nitrogen and oxygen atoms in total. The van der Waals surface area contributed by atoms with Crippen molar-refractivity contribution in [3.8, 4) is 17.1 Å². The van der Waals surface area contributed by atoms with Crippen LogP contribution < -0.4 is 10.1 Å². The SMILES string of the molecule is CC(C)C(NC(=O)c1ccc2[nH]nc(-c3ccc(OC4CC5CCC(C4)N5C=O)nc3)c2c1)c1ccccc1Cl. The van der Waals surface area contributed by atoms with Crippen molar-refractivity contribution in [2.75, 3.05) is 0 Å². The third kappa shape index (κ3) is 5.04. The number of hydrogen-bond acceptors (Lipinski definition) is 5. The van der Waals surface area contributed by atoms with E-state index < -0.39 is 0 Å². The van der Waals surface area contributed by atoms with Crippen LogP contribution in [0.2, 0.25) is 5.02 Å². The minimum atomic E-state index is -0.224. The zero-order chi connectivity index (χ0) is 27.8. The van der Waals surface area contributed by atoms with E-state index in [1.807, 2.05) is 53.4 Å². The normalized spacial score (nSPS) is 21.0. The lowest BCUT2D eigenvalue weighted by molar-refractivity contribution is -0.123. The second-order valence-electron chi connectivity index (χ2n) is 11.1. The molecule has 4 aromatic rings. The molecule has 2 bridgehead atoms. The Morgan fingerprint density at radius 2 is 1.90 bits per heavy atom. The number of pyridine rings is 1. The van der Waals surface area contributed by atoms with Crippen molar-refractivity contribution in [3.05, 3.63) is 76.9 Å². The Balaban J connectivity index is 1.19. The van der Waals surface area contributed by atoms with Gasteiger partial charge >= 0.3 is 0 Å². The van der Waals surface area contributed by atoms with Gasteiger partial charge in [0.2, 0.25) is 12.3 Å². The molecule has 0 saturated carbocycles. The molecule has 2 saturated heterocycles. The Morgan fingerprint density at radius 1 is 1.12 bits per heavy atom. The first-order valence-electron chi connectivity index (χ1n) is 13.8. The van der Waals surface area contributed by atoms with Crippen LogP contribution in [0.15, 0.2) is 60.8 Å². The molecule has 0 radical (unpaired) electrons. The van der Waals surface area contributed by atoms with Crippen LogP contribution in [0.25, 0.3) is 22.2 Å². The molecule has 40 heavy (non-hydrogen) atoms. The van der Waals surface area contributed by atoms with Gasteiger partial charge < -0.3 is 15.0 Å². The second kappa shape index (κ2) is 10.9. The topological polar surface area (TPSA) is 100 Å². The van der Waals surface area contributed by atoms with Gasteiger partial charge in [-0.05, 0) is 54.7 Å². The number of nitrogens with one attached hydrogen (secondary N) is 2. The quantitative estimate of drug-likeness (QED) is 0.261. The summed E-state index contributed by atoms with van der Waals surface area (Å²) < 4.78 is 6.20. The van der Waals surface area contributed by atoms with E-state index in [1.54, 1.807) is 12.3 Å². The van der Waals surface area contributed by atoms with Gasteiger partial charge in [0.1, 0.15) is 11.8 Å². The van der Waals surface area contributed by atoms with Gasteiger partial charge in [0.25, 0.3) is 5.91 Å². The number of benzene rings is 2. The number of fused-ring (bicyclic) bond motifs is 3. The lowest BCUT2D eigenvalue weighted by Gasteiger charge is -2.36. The fraction of sp³-hybridized carbons (Fsp3) is 0.355. The molecule has 3 unspecified atom stereocenters. The number of carbonyl (C=O) groups excluding carboxylic acids is 2. The zero-order valence-corrected chi connectivity index (χ0v) is 23.3. The molecule has 2 aromatic heterocycles. The highest BCUT2D eigenvalue weighted by Crippen LogP contribution is 2.36. The smallest absolute Gasteiger partial charge is 0.251 e. The first-order chi connectivity index (χ1) is 19.4. The van der Waals surface area contributed by atoms with E-state index in [0.29, 0.717) is 22.2 Å². The number of halogens is 1. The molecular formula is C31H32ClN5O3. The third-order valence-electron chi connectivity index (χ3n) is 8.18. The second-order valence-corrected chi connectivity index (χ2v) is 11.5. The lowest BCUT2D eigenvalue weighted by atomic mass is 9.95. The first-order valence-corrected chi connectivity index (χ1v) is 14.2. The fourth-order valence-corrected chi connectivity index (χ4v) is 6.38. The number of nitrogens with zero attached hydrogens (tertiary/aromatic N) is 3. The number of carbonyl (C=O) groups is 2. The van der Waals surface area contributed by atoms with Crippen LogP contribution in [-0.2, 0) is 4.79 Å². The molecule has 2 aromatic carbocycles. The Labute approximate surface area is 238 Å². The minimum absolute atomic E-state index is 0.0553. The summed E-state index contributed by atoms with van der Waals surface area (Å²) in [5, 5.41) is 12.2. The van der Waals surface area contributed by atoms with E-state index in [2.05, 4.69) is 34.3 Å². The van der Waals surface area contributed by atoms with Gasteiger partial charge in [0, 0.05) is 58.7 Å². The number of hydrogen-bond donors (Lipinski definition) is 2. The molecular weight excluding hydrogens is 526 g/mol. The Hall–Kier alpha value is -3.91. The number of aromatic nitrogens is 3. The van der Waals surface area contributed by atoms with Gasteiger partial charge in [-0.25, -0.2) is 4.98 Å². The van der Waals surface area contributed by atoms with Crippen LogP contribution in [0.5, 0.6) is 5.88 Å². The largest absolute Gasteiger partial charge is 0.474 e. The molecule has 2 fully saturated rings. The van der Waals surface area contributed by atoms with Crippen molar-refractivity contribution in [2.24, 2.45) is 5.92 Å². The monoisotopic (exact) mass is 557 g/mol. The number of amides is 2. The van der Waals surface area contributed by atoms with E-state index in [0.717, 1.165) is 54.1 Å². The minimum Gasteiger partial charge on any atom is -0.474 e. The van der Waals surface area contributed by atoms with Gasteiger partial charge in [0.15, 0.2) is 0 Å². The van der Waals surface area contributed by atoms with Crippen LogP contribution in [0.4, 0.5) is 0 Å². The van der Waals surface area contributed by atoms with Crippen molar-refractivity contribution in [1.29, 1.82) is 0 Å². The molecule has 3 atom stereocenters. The van der Waals surface area contributed by atoms with E-state index in [-0.39, 0.29) is 36.1 Å². The molecule has 0 spiro atoms. The van der Waals surface area contributed by atoms with Gasteiger partial charge in [0.05, 0.1) is 11.6 Å². The van der Waals surface area contributed by atoms with Crippen molar-refractivity contribution >= 4 is 34.8 Å². The van der Waals surface area contributed by atoms with E-state index in [1.165, 1.54) is 0 Å². The maximum Gasteiger partial charge on any atom is 0.251 e. The summed E-state index contributed by atoms with van der Waals surface area (Å²) in [6, 6.07) is 17.2. The van der Waals surface area contributed by atoms with Crippen LogP contribution in [0.1, 0.15) is 61.5 Å². The number of rotatable bonds is 8. The summed E-state index contributed by atoms with van der Waals surface area (Å²) in [5.74, 6) is 0.535. The van der Waals surface area contributed by atoms with Crippen LogP contribution in [0.3, 0.4) is 0 Å². The standard InChI is InChI=1S/C31H32ClN5O3/c1-18(2)29(24-5-3-4-6-26(24)32)34-31(39)19-7-11-27-25(13-19)30(36-35-27)20-8-12-28(33-16-20)40-23-14-21-9-10-22(15-23)37(21)17-38/h3-8,11-13,16-18,21-23,29H,9-10,14-15H2,1-2H3,(H,34,39)(H,35,36). The predicted molar refractivity (Wildman–Crippen MR) is 154 cm³/mol. The molecule has 2 N–H and O–H groups in total. The fourth-order valence-electron chi connectivity index (χ4n) is 6.12. The Bertz CT molecular complexity index is 1520. The summed E-state index contributed by atoms with van der Waals surface area (Å²) in [5.41, 5.74) is 3.80. The summed E-state index contributed by atoms with van der Waals surface area (Å²) in [6.07, 6.45) is 6.54. The number of piperidine rings is 1. The van der Waals surface area contributed by atoms with Gasteiger partial charge in [-0.2, -0.15) is 5.10 Å². The molecule has 0 aliphatic carbocycles. The summed E-state index contributed by atoms with van der Waals surface area (Å²) >= 11 is 6.44. The average molecular weight is 558 g/mol. The van der Waals surface area contributed by atoms with Gasteiger partial charge in [-0.3, -0.25) is 14.7 Å². The van der Waals surface area contributed by atoms with Crippen molar-refractivity contribution in [3.63, 3.8) is 0 Å². The summed E-state index contributed by atoms with van der Waals surface area (Å²) in [4.78, 5) is 31.2. The number of H-pyrrole nitrogens is 1. The molecule has 9 heteroatoms. The molecule has 2 aliphatic rings. The highest BCUT2D eigenvalue weighted by Gasteiger charge is 2.41. The van der Waals surface area contributed by atoms with Gasteiger partial charge in [-0.15, -0.1) is 0 Å². The van der Waals surface area contributed by atoms with Crippen molar-refractivity contribution in [1.82, 2.24) is 25.4 Å². The predicted octanol–water partition coefficient (Wildman–Crippen LogP) is 5.94. The lowest BCUT2D eigenvalue weighted by Crippen LogP contribution is -2.45. The molecule has 2 aliphatic heterocycles. The molecule has 2 amide bonds. The number of ether oxygens (including phenoxy) is 1. The maximum atomic E-state index is 13.3. The highest BCUT2D eigenvalue weighted by molar-refractivity contribution is 6.31. The molecule has 4 heterocycles. The molecule has 6 rings (SSSR count). The molecule has 206 valence electrons. The van der Waals surface area contributed by atoms with Crippen LogP contribution >= 0.6 is 11.6 Å². The van der Waals surface area contributed by atoms with E-state index in [4.69, 9.17) is 16.3 Å². The number of aromatic amines is 1. The van der Waals surface area contributed by atoms with Crippen LogP contribution in [0, 0.1) is 5.92 Å².